The Morgan fingerprint density at radius 2 is 2.05 bits per heavy atom. The predicted molar refractivity (Wildman–Crippen MR) is 83.5 cm³/mol. The second-order valence-corrected chi connectivity index (χ2v) is 7.03. The number of benzene rings is 1. The highest BCUT2D eigenvalue weighted by atomic mass is 32.2. The molecule has 1 aromatic rings. The Balaban J connectivity index is 1.98. The molecular formula is C16H22FNO2S. The summed E-state index contributed by atoms with van der Waals surface area (Å²) in [6, 6.07) is 6.47. The van der Waals surface area contributed by atoms with Crippen LogP contribution in [0.4, 0.5) is 4.39 Å². The molecule has 0 radical (unpaired) electrons. The molecule has 2 atom stereocenters. The van der Waals surface area contributed by atoms with Crippen LogP contribution < -0.4 is 5.73 Å². The van der Waals surface area contributed by atoms with Crippen molar-refractivity contribution in [3.8, 4) is 0 Å². The van der Waals surface area contributed by atoms with E-state index in [1.165, 1.54) is 19.2 Å². The average Bonchev–Trinajstić information content (AvgIpc) is 3.20. The second-order valence-electron chi connectivity index (χ2n) is 5.90. The van der Waals surface area contributed by atoms with Crippen LogP contribution in [-0.2, 0) is 9.53 Å². The minimum atomic E-state index is -0.239. The number of rotatable bonds is 7. The lowest BCUT2D eigenvalue weighted by atomic mass is 10.1. The fourth-order valence-corrected chi connectivity index (χ4v) is 3.97. The summed E-state index contributed by atoms with van der Waals surface area (Å²) in [4.78, 5) is 11.5. The molecule has 1 saturated carbocycles. The van der Waals surface area contributed by atoms with Gasteiger partial charge >= 0.3 is 5.97 Å². The van der Waals surface area contributed by atoms with Crippen molar-refractivity contribution < 1.29 is 13.9 Å². The fourth-order valence-electron chi connectivity index (χ4n) is 2.40. The molecule has 0 bridgehead atoms. The maximum atomic E-state index is 13.0. The van der Waals surface area contributed by atoms with Crippen LogP contribution in [0.3, 0.4) is 0 Å². The molecule has 2 N–H and O–H groups in total. The summed E-state index contributed by atoms with van der Waals surface area (Å²) in [5, 5.41) is 0.112. The van der Waals surface area contributed by atoms with Crippen LogP contribution in [0.25, 0.3) is 0 Å². The number of esters is 1. The van der Waals surface area contributed by atoms with Gasteiger partial charge in [0.15, 0.2) is 0 Å². The van der Waals surface area contributed by atoms with Gasteiger partial charge in [-0.3, -0.25) is 4.79 Å². The Kier molecular flexibility index (Phi) is 5.27. The van der Waals surface area contributed by atoms with Gasteiger partial charge in [-0.15, -0.1) is 0 Å². The lowest BCUT2D eigenvalue weighted by Gasteiger charge is -2.23. The number of ether oxygens (including phenoxy) is 1. The standard InChI is InChI=1S/C16H22FNO2S/c1-11(18)15(12-3-5-13(17)6-4-12)21-10-16(7-8-16)9-14(19)20-2/h3-6,11,15H,7-10,18H2,1-2H3. The first kappa shape index (κ1) is 16.3. The Hall–Kier alpha value is -1.07. The van der Waals surface area contributed by atoms with Crippen LogP contribution in [0.15, 0.2) is 24.3 Å². The van der Waals surface area contributed by atoms with Gasteiger partial charge in [-0.2, -0.15) is 11.8 Å². The van der Waals surface area contributed by atoms with Gasteiger partial charge in [0.25, 0.3) is 0 Å². The van der Waals surface area contributed by atoms with Crippen molar-refractivity contribution in [1.29, 1.82) is 0 Å². The smallest absolute Gasteiger partial charge is 0.306 e. The van der Waals surface area contributed by atoms with Crippen LogP contribution in [0.5, 0.6) is 0 Å². The van der Waals surface area contributed by atoms with Crippen LogP contribution in [0, 0.1) is 11.2 Å². The first-order chi connectivity index (χ1) is 9.96. The molecule has 2 unspecified atom stereocenters. The maximum absolute atomic E-state index is 13.0. The Labute approximate surface area is 129 Å². The van der Waals surface area contributed by atoms with Crippen molar-refractivity contribution in [1.82, 2.24) is 0 Å². The van der Waals surface area contributed by atoms with Crippen molar-refractivity contribution in [3.05, 3.63) is 35.6 Å². The molecule has 0 aromatic heterocycles. The molecule has 0 spiro atoms. The topological polar surface area (TPSA) is 52.3 Å². The van der Waals surface area contributed by atoms with Gasteiger partial charge in [0.2, 0.25) is 0 Å². The van der Waals surface area contributed by atoms with E-state index >= 15 is 0 Å². The first-order valence-corrected chi connectivity index (χ1v) is 8.20. The van der Waals surface area contributed by atoms with Crippen molar-refractivity contribution in [3.63, 3.8) is 0 Å². The average molecular weight is 311 g/mol. The molecule has 1 aliphatic rings. The van der Waals surface area contributed by atoms with E-state index in [9.17, 15) is 9.18 Å². The monoisotopic (exact) mass is 311 g/mol. The highest BCUT2D eigenvalue weighted by molar-refractivity contribution is 7.99. The van der Waals surface area contributed by atoms with Gasteiger partial charge in [0.1, 0.15) is 5.82 Å². The van der Waals surface area contributed by atoms with Crippen molar-refractivity contribution in [2.75, 3.05) is 12.9 Å². The molecule has 0 amide bonds. The Morgan fingerprint density at radius 1 is 1.43 bits per heavy atom. The van der Waals surface area contributed by atoms with Crippen LogP contribution >= 0.6 is 11.8 Å². The van der Waals surface area contributed by atoms with E-state index in [0.717, 1.165) is 24.2 Å². The van der Waals surface area contributed by atoms with E-state index in [2.05, 4.69) is 0 Å². The number of hydrogen-bond acceptors (Lipinski definition) is 4. The van der Waals surface area contributed by atoms with Gasteiger partial charge in [-0.1, -0.05) is 12.1 Å². The second kappa shape index (κ2) is 6.79. The van der Waals surface area contributed by atoms with Crippen molar-refractivity contribution >= 4 is 17.7 Å². The third kappa shape index (κ3) is 4.45. The normalized spacial score (nSPS) is 18.9. The van der Waals surface area contributed by atoms with E-state index in [4.69, 9.17) is 10.5 Å². The van der Waals surface area contributed by atoms with E-state index < -0.39 is 0 Å². The first-order valence-electron chi connectivity index (χ1n) is 7.15. The lowest BCUT2D eigenvalue weighted by molar-refractivity contribution is -0.141. The number of hydrogen-bond donors (Lipinski definition) is 1. The zero-order valence-corrected chi connectivity index (χ0v) is 13.3. The largest absolute Gasteiger partial charge is 0.469 e. The molecular weight excluding hydrogens is 289 g/mol. The van der Waals surface area contributed by atoms with Gasteiger partial charge < -0.3 is 10.5 Å². The molecule has 116 valence electrons. The number of thioether (sulfide) groups is 1. The van der Waals surface area contributed by atoms with E-state index in [-0.39, 0.29) is 28.5 Å². The van der Waals surface area contributed by atoms with Gasteiger partial charge in [-0.05, 0) is 42.9 Å². The number of halogens is 1. The van der Waals surface area contributed by atoms with Crippen molar-refractivity contribution in [2.24, 2.45) is 11.1 Å². The van der Waals surface area contributed by atoms with Crippen LogP contribution in [0.2, 0.25) is 0 Å². The molecule has 0 saturated heterocycles. The quantitative estimate of drug-likeness (QED) is 0.785. The van der Waals surface area contributed by atoms with Gasteiger partial charge in [0, 0.05) is 17.0 Å². The molecule has 3 nitrogen and oxygen atoms in total. The fraction of sp³-hybridized carbons (Fsp3) is 0.562. The zero-order chi connectivity index (χ0) is 15.5. The molecule has 5 heteroatoms. The minimum absolute atomic E-state index is 0.0330. The van der Waals surface area contributed by atoms with Crippen molar-refractivity contribution in [2.45, 2.75) is 37.5 Å². The number of nitrogens with two attached hydrogens (primary N) is 1. The van der Waals surface area contributed by atoms with E-state index in [1.54, 1.807) is 23.9 Å². The third-order valence-corrected chi connectivity index (χ3v) is 5.79. The SMILES string of the molecule is COC(=O)CC1(CSC(c2ccc(F)cc2)C(C)N)CC1. The molecule has 1 fully saturated rings. The summed E-state index contributed by atoms with van der Waals surface area (Å²) >= 11 is 1.76. The highest BCUT2D eigenvalue weighted by Crippen LogP contribution is 2.53. The summed E-state index contributed by atoms with van der Waals surface area (Å²) in [6.07, 6.45) is 2.60. The number of carbonyl (C=O) groups is 1. The summed E-state index contributed by atoms with van der Waals surface area (Å²) in [6.45, 7) is 1.96. The van der Waals surface area contributed by atoms with E-state index in [0.29, 0.717) is 6.42 Å². The summed E-state index contributed by atoms with van der Waals surface area (Å²) < 4.78 is 17.8. The van der Waals surface area contributed by atoms with Crippen LogP contribution in [-0.4, -0.2) is 24.9 Å². The summed E-state index contributed by atoms with van der Waals surface area (Å²) in [5.41, 5.74) is 7.18. The maximum Gasteiger partial charge on any atom is 0.306 e. The Bertz CT molecular complexity index is 486. The molecule has 0 heterocycles. The lowest BCUT2D eigenvalue weighted by Crippen LogP contribution is -2.24. The highest BCUT2D eigenvalue weighted by Gasteiger charge is 2.45. The van der Waals surface area contributed by atoms with Gasteiger partial charge in [0.05, 0.1) is 13.5 Å². The molecule has 2 rings (SSSR count). The number of carbonyl (C=O) groups excluding carboxylic acids is 1. The third-order valence-electron chi connectivity index (χ3n) is 3.95. The zero-order valence-electron chi connectivity index (χ0n) is 12.5. The minimum Gasteiger partial charge on any atom is -0.469 e. The molecule has 21 heavy (non-hydrogen) atoms. The summed E-state index contributed by atoms with van der Waals surface area (Å²) in [7, 11) is 1.43. The van der Waals surface area contributed by atoms with Gasteiger partial charge in [-0.25, -0.2) is 4.39 Å². The van der Waals surface area contributed by atoms with E-state index in [1.807, 2.05) is 6.92 Å². The molecule has 0 aliphatic heterocycles. The Morgan fingerprint density at radius 3 is 2.52 bits per heavy atom. The summed E-state index contributed by atoms with van der Waals surface area (Å²) in [5.74, 6) is 0.495. The number of methoxy groups -OCH3 is 1. The predicted octanol–water partition coefficient (Wildman–Crippen LogP) is 3.29. The molecule has 1 aliphatic carbocycles. The van der Waals surface area contributed by atoms with Crippen LogP contribution in [0.1, 0.15) is 37.0 Å². The molecule has 1 aromatic carbocycles.